The second kappa shape index (κ2) is 13.2. The van der Waals surface area contributed by atoms with Gasteiger partial charge in [0, 0.05) is 25.7 Å². The highest BCUT2D eigenvalue weighted by Crippen LogP contribution is 2.65. The largest absolute Gasteiger partial charge is 0.465 e. The molecule has 0 aromatic rings. The zero-order valence-electron chi connectivity index (χ0n) is 24.7. The normalized spacial score (nSPS) is 33.2. The summed E-state index contributed by atoms with van der Waals surface area (Å²) in [6, 6.07) is -0.667. The number of carbonyl (C=O) groups excluding carboxylic acids is 3. The number of ether oxygens (including phenoxy) is 2. The minimum atomic E-state index is -1.06. The van der Waals surface area contributed by atoms with Crippen LogP contribution < -0.4 is 0 Å². The Hall–Kier alpha value is -2.19. The van der Waals surface area contributed by atoms with E-state index in [9.17, 15) is 19.5 Å². The number of likely N-dealkylation sites (tertiary alicyclic amines) is 1. The molecule has 2 amide bonds. The van der Waals surface area contributed by atoms with Crippen molar-refractivity contribution in [1.29, 1.82) is 0 Å². The number of allylic oxidation sites excluding steroid dienone is 1. The van der Waals surface area contributed by atoms with Crippen molar-refractivity contribution >= 4 is 17.8 Å². The van der Waals surface area contributed by atoms with Crippen LogP contribution in [0.15, 0.2) is 25.3 Å². The molecule has 3 aliphatic heterocycles. The maximum absolute atomic E-state index is 14.6. The number of hydrogen-bond acceptors (Lipinski definition) is 6. The Morgan fingerprint density at radius 1 is 1.12 bits per heavy atom. The van der Waals surface area contributed by atoms with Gasteiger partial charge in [0.1, 0.15) is 17.6 Å². The Bertz CT molecular complexity index is 948. The van der Waals surface area contributed by atoms with Crippen molar-refractivity contribution in [3.63, 3.8) is 0 Å². The van der Waals surface area contributed by atoms with Gasteiger partial charge in [0.15, 0.2) is 0 Å². The number of esters is 1. The smallest absolute Gasteiger partial charge is 0.312 e. The molecular formula is C32H50N2O6. The Morgan fingerprint density at radius 2 is 1.88 bits per heavy atom. The van der Waals surface area contributed by atoms with Crippen molar-refractivity contribution in [3.8, 4) is 0 Å². The van der Waals surface area contributed by atoms with Gasteiger partial charge in [-0.1, -0.05) is 38.3 Å². The zero-order chi connectivity index (χ0) is 28.9. The van der Waals surface area contributed by atoms with E-state index in [1.165, 1.54) is 6.42 Å². The van der Waals surface area contributed by atoms with Gasteiger partial charge in [-0.25, -0.2) is 0 Å². The minimum absolute atomic E-state index is 0.0120. The lowest BCUT2D eigenvalue weighted by Crippen LogP contribution is -2.58. The molecule has 4 rings (SSSR count). The number of rotatable bonds is 15. The molecule has 0 radical (unpaired) electrons. The summed E-state index contributed by atoms with van der Waals surface area (Å²) in [5, 5.41) is 9.29. The molecule has 8 heteroatoms. The molecule has 4 fully saturated rings. The molecular weight excluding hydrogens is 508 g/mol. The van der Waals surface area contributed by atoms with Gasteiger partial charge in [0.25, 0.3) is 0 Å². The highest BCUT2D eigenvalue weighted by molar-refractivity contribution is 5.98. The van der Waals surface area contributed by atoms with Crippen LogP contribution in [0, 0.1) is 17.8 Å². The fourth-order valence-corrected chi connectivity index (χ4v) is 7.95. The molecule has 3 saturated heterocycles. The van der Waals surface area contributed by atoms with Crippen LogP contribution in [0.25, 0.3) is 0 Å². The van der Waals surface area contributed by atoms with Crippen LogP contribution in [0.2, 0.25) is 0 Å². The quantitative estimate of drug-likeness (QED) is 0.182. The Balaban J connectivity index is 1.66. The predicted molar refractivity (Wildman–Crippen MR) is 153 cm³/mol. The number of fused-ring (bicyclic) bond motifs is 1. The fraction of sp³-hybridized carbons (Fsp3) is 0.781. The molecule has 0 aromatic carbocycles. The van der Waals surface area contributed by atoms with Gasteiger partial charge in [-0.05, 0) is 70.6 Å². The first-order chi connectivity index (χ1) is 19.3. The first-order valence-electron chi connectivity index (χ1n) is 15.6. The first-order valence-corrected chi connectivity index (χ1v) is 15.6. The van der Waals surface area contributed by atoms with E-state index in [-0.39, 0.29) is 30.4 Å². The average molecular weight is 559 g/mol. The number of hydrogen-bond donors (Lipinski definition) is 1. The second-order valence-electron chi connectivity index (χ2n) is 12.5. The standard InChI is InChI=1S/C32H50N2O6/c1-5-7-8-15-21-39-30(38)26-25-28(36)34(19-13-10-14-20-35)27(32(25)22-23(3)31(26,4)40-32)29(37)33(18-6-2)24-16-11-9-12-17-24/h5-6,23-27,35H,1-2,7-22H2,3-4H3/t23?,25-,26+,27?,31-,32?/m0/s1. The van der Waals surface area contributed by atoms with Crippen molar-refractivity contribution in [1.82, 2.24) is 9.80 Å². The van der Waals surface area contributed by atoms with Crippen molar-refractivity contribution in [2.45, 2.75) is 114 Å². The number of carbonyl (C=O) groups is 3. The average Bonchev–Trinajstić information content (AvgIpc) is 3.46. The Labute approximate surface area is 240 Å². The maximum atomic E-state index is 14.6. The summed E-state index contributed by atoms with van der Waals surface area (Å²) in [4.78, 5) is 46.2. The summed E-state index contributed by atoms with van der Waals surface area (Å²) in [5.74, 6) is -2.14. The SMILES string of the molecule is C=CCCCCOC(=O)[C@H]1[C@H]2C(=O)N(CCCCCO)C(C(=O)N(CC=C)C3CCCCC3)C23CC(C)[C@]1(C)O3. The van der Waals surface area contributed by atoms with Crippen molar-refractivity contribution in [2.75, 3.05) is 26.3 Å². The number of nitrogens with zero attached hydrogens (tertiary/aromatic N) is 2. The molecule has 6 atom stereocenters. The molecule has 1 aliphatic carbocycles. The van der Waals surface area contributed by atoms with E-state index in [2.05, 4.69) is 20.1 Å². The Morgan fingerprint density at radius 3 is 2.55 bits per heavy atom. The van der Waals surface area contributed by atoms with Gasteiger partial charge in [-0.15, -0.1) is 13.2 Å². The second-order valence-corrected chi connectivity index (χ2v) is 12.5. The van der Waals surface area contributed by atoms with Crippen LogP contribution in [0.1, 0.15) is 90.9 Å². The first kappa shape index (κ1) is 30.8. The summed E-state index contributed by atoms with van der Waals surface area (Å²) in [6.07, 6.45) is 14.0. The Kier molecular flexibility index (Phi) is 10.1. The molecule has 4 aliphatic rings. The summed E-state index contributed by atoms with van der Waals surface area (Å²) in [6.45, 7) is 12.9. The third-order valence-corrected chi connectivity index (χ3v) is 10.0. The van der Waals surface area contributed by atoms with E-state index >= 15 is 0 Å². The van der Waals surface area contributed by atoms with Crippen molar-refractivity contribution in [2.24, 2.45) is 17.8 Å². The molecule has 3 unspecified atom stereocenters. The molecule has 8 nitrogen and oxygen atoms in total. The van der Waals surface area contributed by atoms with E-state index in [0.717, 1.165) is 51.4 Å². The van der Waals surface area contributed by atoms with E-state index in [1.54, 1.807) is 11.0 Å². The lowest BCUT2D eigenvalue weighted by molar-refractivity contribution is -0.162. The van der Waals surface area contributed by atoms with E-state index in [1.807, 2.05) is 17.9 Å². The van der Waals surface area contributed by atoms with Crippen LogP contribution in [-0.4, -0.2) is 82.3 Å². The number of aliphatic hydroxyl groups is 1. The van der Waals surface area contributed by atoms with Gasteiger partial charge in [0.2, 0.25) is 11.8 Å². The number of unbranched alkanes of at least 4 members (excludes halogenated alkanes) is 4. The van der Waals surface area contributed by atoms with Crippen LogP contribution in [0.3, 0.4) is 0 Å². The molecule has 40 heavy (non-hydrogen) atoms. The van der Waals surface area contributed by atoms with E-state index in [4.69, 9.17) is 9.47 Å². The predicted octanol–water partition coefficient (Wildman–Crippen LogP) is 4.41. The summed E-state index contributed by atoms with van der Waals surface area (Å²) in [7, 11) is 0. The number of aliphatic hydroxyl groups excluding tert-OH is 1. The molecule has 3 heterocycles. The van der Waals surface area contributed by atoms with Crippen LogP contribution in [-0.2, 0) is 23.9 Å². The van der Waals surface area contributed by atoms with Gasteiger partial charge in [0.05, 0.1) is 18.1 Å². The van der Waals surface area contributed by atoms with Gasteiger partial charge in [-0.2, -0.15) is 0 Å². The van der Waals surface area contributed by atoms with Crippen molar-refractivity contribution in [3.05, 3.63) is 25.3 Å². The van der Waals surface area contributed by atoms with Gasteiger partial charge in [-0.3, -0.25) is 14.4 Å². The lowest BCUT2D eigenvalue weighted by Gasteiger charge is -2.41. The minimum Gasteiger partial charge on any atom is -0.465 e. The van der Waals surface area contributed by atoms with Crippen LogP contribution in [0.5, 0.6) is 0 Å². The van der Waals surface area contributed by atoms with Gasteiger partial charge < -0.3 is 24.4 Å². The fourth-order valence-electron chi connectivity index (χ4n) is 7.95. The van der Waals surface area contributed by atoms with E-state index < -0.39 is 35.0 Å². The summed E-state index contributed by atoms with van der Waals surface area (Å²) in [5.41, 5.74) is -1.92. The van der Waals surface area contributed by atoms with Crippen LogP contribution in [0.4, 0.5) is 0 Å². The molecule has 0 aromatic heterocycles. The zero-order valence-corrected chi connectivity index (χ0v) is 24.7. The number of amides is 2. The van der Waals surface area contributed by atoms with E-state index in [0.29, 0.717) is 39.0 Å². The topological polar surface area (TPSA) is 96.4 Å². The third kappa shape index (κ3) is 5.50. The van der Waals surface area contributed by atoms with Gasteiger partial charge >= 0.3 is 5.97 Å². The maximum Gasteiger partial charge on any atom is 0.312 e. The molecule has 1 N–H and O–H groups in total. The summed E-state index contributed by atoms with van der Waals surface area (Å²) >= 11 is 0. The molecule has 224 valence electrons. The molecule has 2 bridgehead atoms. The highest BCUT2D eigenvalue weighted by atomic mass is 16.6. The lowest BCUT2D eigenvalue weighted by atomic mass is 9.62. The summed E-state index contributed by atoms with van der Waals surface area (Å²) < 4.78 is 12.6. The molecule has 1 spiro atoms. The molecule has 1 saturated carbocycles. The van der Waals surface area contributed by atoms with Crippen LogP contribution >= 0.6 is 0 Å². The third-order valence-electron chi connectivity index (χ3n) is 10.0. The monoisotopic (exact) mass is 558 g/mol. The highest BCUT2D eigenvalue weighted by Gasteiger charge is 2.80. The van der Waals surface area contributed by atoms with Crippen molar-refractivity contribution < 1.29 is 29.0 Å².